The molecule has 1 unspecified atom stereocenters. The maximum Gasteiger partial charge on any atom is 0.226 e. The minimum atomic E-state index is -2.96. The molecule has 2 saturated carbocycles. The molecule has 1 atom stereocenters. The number of hydrogen-bond acceptors (Lipinski definition) is 3. The van der Waals surface area contributed by atoms with Crippen LogP contribution < -0.4 is 0 Å². The first-order chi connectivity index (χ1) is 8.48. The fourth-order valence-corrected chi connectivity index (χ4v) is 5.05. The zero-order valence-corrected chi connectivity index (χ0v) is 11.7. The lowest BCUT2D eigenvalue weighted by Gasteiger charge is -2.30. The van der Waals surface area contributed by atoms with E-state index in [2.05, 4.69) is 0 Å². The molecule has 1 aliphatic heterocycles. The van der Waals surface area contributed by atoms with Crippen molar-refractivity contribution in [2.45, 2.75) is 38.1 Å². The van der Waals surface area contributed by atoms with Crippen LogP contribution in [0.4, 0.5) is 0 Å². The van der Waals surface area contributed by atoms with Crippen molar-refractivity contribution in [1.82, 2.24) is 4.90 Å². The summed E-state index contributed by atoms with van der Waals surface area (Å²) in [5, 5.41) is 0. The number of amides is 1. The van der Waals surface area contributed by atoms with Crippen LogP contribution in [-0.2, 0) is 14.6 Å². The molecule has 1 amide bonds. The molecule has 0 spiro atoms. The van der Waals surface area contributed by atoms with Gasteiger partial charge in [-0.05, 0) is 43.9 Å². The Balaban J connectivity index is 1.67. The van der Waals surface area contributed by atoms with Gasteiger partial charge in [0.15, 0.2) is 9.84 Å². The van der Waals surface area contributed by atoms with Crippen molar-refractivity contribution < 1.29 is 13.2 Å². The first-order valence-corrected chi connectivity index (χ1v) is 8.77. The van der Waals surface area contributed by atoms with E-state index in [1.54, 1.807) is 0 Å². The maximum absolute atomic E-state index is 12.4. The molecule has 2 aliphatic carbocycles. The first-order valence-electron chi connectivity index (χ1n) is 6.95. The summed E-state index contributed by atoms with van der Waals surface area (Å²) in [5.74, 6) is 1.42. The first kappa shape index (κ1) is 12.5. The molecule has 0 radical (unpaired) electrons. The Hall–Kier alpha value is -0.580. The summed E-state index contributed by atoms with van der Waals surface area (Å²) in [6.45, 7) is 0. The lowest BCUT2D eigenvalue weighted by Crippen LogP contribution is -2.43. The molecule has 1 saturated heterocycles. The Labute approximate surface area is 109 Å². The van der Waals surface area contributed by atoms with E-state index in [4.69, 9.17) is 0 Å². The van der Waals surface area contributed by atoms with Gasteiger partial charge in [-0.3, -0.25) is 4.79 Å². The standard InChI is InChI=1S/C13H21NO3S/c1-14(12(9-2-3-9)10-4-5-10)13(15)11-6-7-18(16,17)8-11/h9-12H,2-8H2,1H3. The predicted molar refractivity (Wildman–Crippen MR) is 68.8 cm³/mol. The Kier molecular flexibility index (Phi) is 2.92. The minimum Gasteiger partial charge on any atom is -0.342 e. The summed E-state index contributed by atoms with van der Waals surface area (Å²) in [4.78, 5) is 14.3. The van der Waals surface area contributed by atoms with Crippen LogP contribution >= 0.6 is 0 Å². The molecule has 18 heavy (non-hydrogen) atoms. The maximum atomic E-state index is 12.4. The average molecular weight is 271 g/mol. The van der Waals surface area contributed by atoms with Gasteiger partial charge in [0.2, 0.25) is 5.91 Å². The quantitative estimate of drug-likeness (QED) is 0.768. The molecular formula is C13H21NO3S. The van der Waals surface area contributed by atoms with Crippen molar-refractivity contribution in [1.29, 1.82) is 0 Å². The van der Waals surface area contributed by atoms with Crippen molar-refractivity contribution >= 4 is 15.7 Å². The SMILES string of the molecule is CN(C(=O)C1CCS(=O)(=O)C1)C(C1CC1)C1CC1. The largest absolute Gasteiger partial charge is 0.342 e. The Bertz CT molecular complexity index is 439. The van der Waals surface area contributed by atoms with Gasteiger partial charge >= 0.3 is 0 Å². The average Bonchev–Trinajstić information content (AvgIpc) is 3.19. The molecule has 0 bridgehead atoms. The van der Waals surface area contributed by atoms with Gasteiger partial charge in [0, 0.05) is 13.1 Å². The van der Waals surface area contributed by atoms with Gasteiger partial charge in [0.05, 0.1) is 17.4 Å². The smallest absolute Gasteiger partial charge is 0.226 e. The summed E-state index contributed by atoms with van der Waals surface area (Å²) >= 11 is 0. The van der Waals surface area contributed by atoms with Gasteiger partial charge in [-0.1, -0.05) is 0 Å². The number of hydrogen-bond donors (Lipinski definition) is 0. The third kappa shape index (κ3) is 2.42. The molecule has 3 fully saturated rings. The third-order valence-corrected chi connectivity index (χ3v) is 6.35. The van der Waals surface area contributed by atoms with Crippen molar-refractivity contribution in [3.63, 3.8) is 0 Å². The van der Waals surface area contributed by atoms with E-state index in [0.717, 1.165) is 0 Å². The normalized spacial score (nSPS) is 30.7. The second kappa shape index (κ2) is 4.22. The highest BCUT2D eigenvalue weighted by atomic mass is 32.2. The molecule has 5 heteroatoms. The molecule has 0 aromatic heterocycles. The van der Waals surface area contributed by atoms with Gasteiger partial charge in [-0.15, -0.1) is 0 Å². The zero-order chi connectivity index (χ0) is 12.9. The van der Waals surface area contributed by atoms with Crippen LogP contribution in [-0.4, -0.2) is 43.8 Å². The van der Waals surface area contributed by atoms with E-state index in [1.807, 2.05) is 11.9 Å². The molecule has 1 heterocycles. The third-order valence-electron chi connectivity index (χ3n) is 4.59. The second-order valence-electron chi connectivity index (χ2n) is 6.21. The van der Waals surface area contributed by atoms with Gasteiger partial charge in [0.1, 0.15) is 0 Å². The summed E-state index contributed by atoms with van der Waals surface area (Å²) in [7, 11) is -1.07. The van der Waals surface area contributed by atoms with E-state index < -0.39 is 9.84 Å². The fraction of sp³-hybridized carbons (Fsp3) is 0.923. The fourth-order valence-electron chi connectivity index (χ4n) is 3.32. The number of carbonyl (C=O) groups is 1. The van der Waals surface area contributed by atoms with Crippen molar-refractivity contribution in [2.24, 2.45) is 17.8 Å². The molecule has 4 nitrogen and oxygen atoms in total. The lowest BCUT2D eigenvalue weighted by atomic mass is 10.0. The highest BCUT2D eigenvalue weighted by molar-refractivity contribution is 7.91. The summed E-state index contributed by atoms with van der Waals surface area (Å²) in [6, 6.07) is 0.390. The van der Waals surface area contributed by atoms with E-state index in [-0.39, 0.29) is 23.3 Å². The monoisotopic (exact) mass is 271 g/mol. The highest BCUT2D eigenvalue weighted by Crippen LogP contribution is 2.47. The topological polar surface area (TPSA) is 54.5 Å². The van der Waals surface area contributed by atoms with Crippen LogP contribution in [0, 0.1) is 17.8 Å². The van der Waals surface area contributed by atoms with E-state index in [1.165, 1.54) is 25.7 Å². The number of carbonyl (C=O) groups excluding carboxylic acids is 1. The van der Waals surface area contributed by atoms with Crippen LogP contribution in [0.2, 0.25) is 0 Å². The van der Waals surface area contributed by atoms with E-state index >= 15 is 0 Å². The molecule has 0 aromatic carbocycles. The molecular weight excluding hydrogens is 250 g/mol. The number of nitrogens with zero attached hydrogens (tertiary/aromatic N) is 1. The Morgan fingerprint density at radius 1 is 1.11 bits per heavy atom. The van der Waals surface area contributed by atoms with Gasteiger partial charge in [-0.2, -0.15) is 0 Å². The van der Waals surface area contributed by atoms with Crippen molar-refractivity contribution in [2.75, 3.05) is 18.6 Å². The van der Waals surface area contributed by atoms with Crippen LogP contribution in [0.15, 0.2) is 0 Å². The van der Waals surface area contributed by atoms with Crippen LogP contribution in [0.1, 0.15) is 32.1 Å². The molecule has 3 aliphatic rings. The van der Waals surface area contributed by atoms with Gasteiger partial charge < -0.3 is 4.90 Å². The van der Waals surface area contributed by atoms with Crippen LogP contribution in [0.3, 0.4) is 0 Å². The molecule has 102 valence electrons. The lowest BCUT2D eigenvalue weighted by molar-refractivity contribution is -0.136. The van der Waals surface area contributed by atoms with E-state index in [9.17, 15) is 13.2 Å². The Morgan fingerprint density at radius 3 is 2.06 bits per heavy atom. The van der Waals surface area contributed by atoms with E-state index in [0.29, 0.717) is 24.3 Å². The van der Waals surface area contributed by atoms with Crippen molar-refractivity contribution in [3.8, 4) is 0 Å². The second-order valence-corrected chi connectivity index (χ2v) is 8.44. The summed E-state index contributed by atoms with van der Waals surface area (Å²) < 4.78 is 22.9. The van der Waals surface area contributed by atoms with Crippen LogP contribution in [0.5, 0.6) is 0 Å². The van der Waals surface area contributed by atoms with Crippen molar-refractivity contribution in [3.05, 3.63) is 0 Å². The summed E-state index contributed by atoms with van der Waals surface area (Å²) in [6.07, 6.45) is 5.47. The number of rotatable bonds is 4. The molecule has 3 rings (SSSR count). The summed E-state index contributed by atoms with van der Waals surface area (Å²) in [5.41, 5.74) is 0. The van der Waals surface area contributed by atoms with Crippen LogP contribution in [0.25, 0.3) is 0 Å². The Morgan fingerprint density at radius 2 is 1.67 bits per heavy atom. The zero-order valence-electron chi connectivity index (χ0n) is 10.8. The predicted octanol–water partition coefficient (Wildman–Crippen LogP) is 1.07. The molecule has 0 aromatic rings. The van der Waals surface area contributed by atoms with Gasteiger partial charge in [-0.25, -0.2) is 8.42 Å². The highest BCUT2D eigenvalue weighted by Gasteiger charge is 2.46. The molecule has 0 N–H and O–H groups in total. The minimum absolute atomic E-state index is 0.0677. The number of sulfone groups is 1. The van der Waals surface area contributed by atoms with Gasteiger partial charge in [0.25, 0.3) is 0 Å².